The summed E-state index contributed by atoms with van der Waals surface area (Å²) in [5.74, 6) is -2.13. The lowest BCUT2D eigenvalue weighted by atomic mass is 10.1. The van der Waals surface area contributed by atoms with Gasteiger partial charge in [-0.1, -0.05) is 11.6 Å². The van der Waals surface area contributed by atoms with Gasteiger partial charge < -0.3 is 10.1 Å². The van der Waals surface area contributed by atoms with Crippen molar-refractivity contribution in [3.05, 3.63) is 24.3 Å². The van der Waals surface area contributed by atoms with E-state index in [0.717, 1.165) is 12.1 Å². The molecule has 1 N–H and O–H groups in total. The predicted octanol–water partition coefficient (Wildman–Crippen LogP) is 3.74. The summed E-state index contributed by atoms with van der Waals surface area (Å²) < 4.78 is 80.0. The average molecular weight is 336 g/mol. The molecule has 0 aliphatic rings. The number of alkyl halides is 7. The molecule has 0 spiro atoms. The van der Waals surface area contributed by atoms with Gasteiger partial charge in [-0.3, -0.25) is 4.79 Å². The Morgan fingerprint density at radius 1 is 1.05 bits per heavy atom. The summed E-state index contributed by atoms with van der Waals surface area (Å²) in [6, 6.07) is 4.63. The van der Waals surface area contributed by atoms with Gasteiger partial charge in [0, 0.05) is 5.69 Å². The molecule has 0 saturated carbocycles. The normalized spacial score (nSPS) is 13.0. The highest BCUT2D eigenvalue weighted by Crippen LogP contribution is 2.48. The first-order valence-corrected chi connectivity index (χ1v) is 5.59. The van der Waals surface area contributed by atoms with E-state index in [4.69, 9.17) is 4.74 Å². The van der Waals surface area contributed by atoms with Gasteiger partial charge in [-0.25, -0.2) is 0 Å². The van der Waals surface area contributed by atoms with Gasteiger partial charge in [0.25, 0.3) is 5.91 Å². The highest BCUT2D eigenvalue weighted by Gasteiger charge is 2.75. The third-order valence-electron chi connectivity index (χ3n) is 2.44. The number of hydrogen-bond donors (Lipinski definition) is 1. The van der Waals surface area contributed by atoms with Gasteiger partial charge in [-0.15, -0.1) is 0 Å². The first kappa shape index (κ1) is 17.4. The Hall–Kier alpha value is -1.64. The standard InChI is InChI=1S/C11H8ClF6NO2/c1-21-7-4-2-6(3-5-7)19-8(20)9(12,10(13,14)15)11(16,17)18/h2-5H,1H3,(H,19,20). The highest BCUT2D eigenvalue weighted by atomic mass is 35.5. The van der Waals surface area contributed by atoms with E-state index in [-0.39, 0.29) is 5.69 Å². The van der Waals surface area contributed by atoms with Gasteiger partial charge in [0.1, 0.15) is 5.75 Å². The van der Waals surface area contributed by atoms with E-state index in [1.807, 2.05) is 0 Å². The monoisotopic (exact) mass is 335 g/mol. The molecule has 118 valence electrons. The number of carbonyl (C=O) groups is 1. The Morgan fingerprint density at radius 2 is 1.48 bits per heavy atom. The maximum absolute atomic E-state index is 12.5. The van der Waals surface area contributed by atoms with Crippen LogP contribution < -0.4 is 10.1 Å². The van der Waals surface area contributed by atoms with E-state index in [2.05, 4.69) is 11.6 Å². The minimum absolute atomic E-state index is 0.292. The van der Waals surface area contributed by atoms with E-state index in [9.17, 15) is 31.1 Å². The van der Waals surface area contributed by atoms with E-state index >= 15 is 0 Å². The molecule has 0 aliphatic heterocycles. The van der Waals surface area contributed by atoms with Crippen LogP contribution in [-0.2, 0) is 4.79 Å². The summed E-state index contributed by atoms with van der Waals surface area (Å²) in [6.07, 6.45) is -12.0. The fraction of sp³-hybridized carbons (Fsp3) is 0.364. The number of halogens is 7. The van der Waals surface area contributed by atoms with Crippen molar-refractivity contribution in [2.45, 2.75) is 17.2 Å². The van der Waals surface area contributed by atoms with E-state index in [1.54, 1.807) is 0 Å². The van der Waals surface area contributed by atoms with Crippen molar-refractivity contribution < 1.29 is 35.9 Å². The van der Waals surface area contributed by atoms with Gasteiger partial charge in [0.15, 0.2) is 0 Å². The second-order valence-electron chi connectivity index (χ2n) is 3.84. The number of methoxy groups -OCH3 is 1. The lowest BCUT2D eigenvalue weighted by molar-refractivity contribution is -0.258. The van der Waals surface area contributed by atoms with Crippen molar-refractivity contribution in [2.24, 2.45) is 0 Å². The number of benzene rings is 1. The van der Waals surface area contributed by atoms with Crippen LogP contribution in [0.25, 0.3) is 0 Å². The van der Waals surface area contributed by atoms with Crippen molar-refractivity contribution in [1.29, 1.82) is 0 Å². The Kier molecular flexibility index (Phi) is 4.66. The zero-order valence-corrected chi connectivity index (χ0v) is 11.0. The van der Waals surface area contributed by atoms with Crippen molar-refractivity contribution in [2.75, 3.05) is 12.4 Å². The number of carbonyl (C=O) groups excluding carboxylic acids is 1. The van der Waals surface area contributed by atoms with Gasteiger partial charge in [0.2, 0.25) is 0 Å². The molecule has 1 aromatic rings. The van der Waals surface area contributed by atoms with Gasteiger partial charge >= 0.3 is 17.2 Å². The van der Waals surface area contributed by atoms with E-state index < -0.39 is 23.1 Å². The number of amides is 1. The molecule has 0 bridgehead atoms. The van der Waals surface area contributed by atoms with Crippen LogP contribution in [0.4, 0.5) is 32.0 Å². The number of nitrogens with one attached hydrogen (secondary N) is 1. The Bertz CT molecular complexity index is 497. The van der Waals surface area contributed by atoms with Gasteiger partial charge in [-0.05, 0) is 24.3 Å². The molecule has 21 heavy (non-hydrogen) atoms. The van der Waals surface area contributed by atoms with Crippen LogP contribution in [0.1, 0.15) is 0 Å². The summed E-state index contributed by atoms with van der Waals surface area (Å²) >= 11 is 4.56. The zero-order valence-electron chi connectivity index (χ0n) is 10.3. The zero-order chi connectivity index (χ0) is 16.5. The minimum atomic E-state index is -6.01. The molecular formula is C11H8ClF6NO2. The maximum atomic E-state index is 12.5. The van der Waals surface area contributed by atoms with Crippen LogP contribution in [0.5, 0.6) is 5.75 Å². The largest absolute Gasteiger partial charge is 0.497 e. The lowest BCUT2D eigenvalue weighted by Gasteiger charge is -2.30. The van der Waals surface area contributed by atoms with E-state index in [0.29, 0.717) is 5.75 Å². The SMILES string of the molecule is COc1ccc(NC(=O)C(Cl)(C(F)(F)F)C(F)(F)F)cc1. The van der Waals surface area contributed by atoms with Crippen LogP contribution in [-0.4, -0.2) is 30.2 Å². The first-order chi connectivity index (χ1) is 9.43. The number of ether oxygens (including phenoxy) is 1. The van der Waals surface area contributed by atoms with Crippen LogP contribution in [0.2, 0.25) is 0 Å². The molecule has 0 fully saturated rings. The third kappa shape index (κ3) is 3.34. The summed E-state index contributed by atoms with van der Waals surface area (Å²) in [5.41, 5.74) is -0.292. The molecule has 1 rings (SSSR count). The Morgan fingerprint density at radius 3 is 1.81 bits per heavy atom. The molecule has 1 amide bonds. The summed E-state index contributed by atoms with van der Waals surface area (Å²) in [6.45, 7) is 0. The van der Waals surface area contributed by atoms with Gasteiger partial charge in [0.05, 0.1) is 7.11 Å². The minimum Gasteiger partial charge on any atom is -0.497 e. The Labute approximate surface area is 119 Å². The van der Waals surface area contributed by atoms with E-state index in [1.165, 1.54) is 24.6 Å². The van der Waals surface area contributed by atoms with Gasteiger partial charge in [-0.2, -0.15) is 26.3 Å². The second-order valence-corrected chi connectivity index (χ2v) is 4.40. The topological polar surface area (TPSA) is 38.3 Å². The molecule has 0 heterocycles. The van der Waals surface area contributed by atoms with Crippen LogP contribution in [0.15, 0.2) is 24.3 Å². The van der Waals surface area contributed by atoms with Crippen molar-refractivity contribution >= 4 is 23.2 Å². The van der Waals surface area contributed by atoms with Crippen molar-refractivity contribution in [1.82, 2.24) is 0 Å². The third-order valence-corrected chi connectivity index (χ3v) is 3.04. The molecule has 0 aliphatic carbocycles. The number of rotatable bonds is 3. The summed E-state index contributed by atoms with van der Waals surface area (Å²) in [4.78, 5) is 6.34. The van der Waals surface area contributed by atoms with Crippen LogP contribution in [0.3, 0.4) is 0 Å². The van der Waals surface area contributed by atoms with Crippen molar-refractivity contribution in [3.8, 4) is 5.75 Å². The molecule has 0 unspecified atom stereocenters. The number of anilines is 1. The molecule has 0 saturated heterocycles. The summed E-state index contributed by atoms with van der Waals surface area (Å²) in [5, 5.41) is 1.48. The fourth-order valence-electron chi connectivity index (χ4n) is 1.31. The molecular weight excluding hydrogens is 328 g/mol. The maximum Gasteiger partial charge on any atom is 0.425 e. The second kappa shape index (κ2) is 5.63. The molecule has 0 radical (unpaired) electrons. The molecule has 1 aromatic carbocycles. The molecule has 0 aromatic heterocycles. The molecule has 3 nitrogen and oxygen atoms in total. The molecule has 10 heteroatoms. The van der Waals surface area contributed by atoms with Crippen LogP contribution >= 0.6 is 11.6 Å². The highest BCUT2D eigenvalue weighted by molar-refractivity contribution is 6.38. The quantitative estimate of drug-likeness (QED) is 0.675. The van der Waals surface area contributed by atoms with Crippen LogP contribution in [0, 0.1) is 0 Å². The smallest absolute Gasteiger partial charge is 0.425 e. The van der Waals surface area contributed by atoms with Crippen molar-refractivity contribution in [3.63, 3.8) is 0 Å². The predicted molar refractivity (Wildman–Crippen MR) is 62.3 cm³/mol. The first-order valence-electron chi connectivity index (χ1n) is 5.21. The molecule has 0 atom stereocenters. The number of hydrogen-bond acceptors (Lipinski definition) is 2. The fourth-order valence-corrected chi connectivity index (χ4v) is 1.36. The summed E-state index contributed by atoms with van der Waals surface area (Å²) in [7, 11) is 1.31. The Balaban J connectivity index is 3.08. The average Bonchev–Trinajstić information content (AvgIpc) is 2.35. The lowest BCUT2D eigenvalue weighted by Crippen LogP contribution is -2.60.